The maximum atomic E-state index is 12.6. The van der Waals surface area contributed by atoms with Crippen LogP contribution in [0.3, 0.4) is 0 Å². The molecular formula is C20H39IN4O3S. The lowest BCUT2D eigenvalue weighted by molar-refractivity contribution is -0.134. The second-order valence-electron chi connectivity index (χ2n) is 9.13. The van der Waals surface area contributed by atoms with E-state index in [9.17, 15) is 13.2 Å². The van der Waals surface area contributed by atoms with Gasteiger partial charge in [-0.3, -0.25) is 9.79 Å². The average Bonchev–Trinajstić information content (AvgIpc) is 3.29. The standard InChI is InChI=1S/C20H38N4O3S.HI/c1-5-21-19(22-15-20(2,3)11-13-28(4,26)27)23-17-10-12-24(14-17)18(25)16-8-6-7-9-16;/h16-17H,5-15H2,1-4H3,(H2,21,22,23);1H. The van der Waals surface area contributed by atoms with Crippen LogP contribution in [-0.2, 0) is 14.6 Å². The number of halogens is 1. The Morgan fingerprint density at radius 2 is 1.86 bits per heavy atom. The van der Waals surface area contributed by atoms with Gasteiger partial charge in [0.05, 0.1) is 5.75 Å². The largest absolute Gasteiger partial charge is 0.357 e. The van der Waals surface area contributed by atoms with E-state index >= 15 is 0 Å². The lowest BCUT2D eigenvalue weighted by Crippen LogP contribution is -2.45. The smallest absolute Gasteiger partial charge is 0.225 e. The molecule has 1 atom stereocenters. The maximum Gasteiger partial charge on any atom is 0.225 e. The van der Waals surface area contributed by atoms with Crippen LogP contribution in [0.1, 0.15) is 59.3 Å². The molecule has 1 amide bonds. The van der Waals surface area contributed by atoms with Gasteiger partial charge in [0.2, 0.25) is 5.91 Å². The molecule has 2 N–H and O–H groups in total. The Bertz CT molecular complexity index is 661. The molecule has 1 saturated carbocycles. The molecule has 0 spiro atoms. The highest BCUT2D eigenvalue weighted by molar-refractivity contribution is 14.0. The fraction of sp³-hybridized carbons (Fsp3) is 0.900. The van der Waals surface area contributed by atoms with Gasteiger partial charge < -0.3 is 15.5 Å². The zero-order valence-electron chi connectivity index (χ0n) is 18.4. The van der Waals surface area contributed by atoms with E-state index in [1.165, 1.54) is 19.1 Å². The summed E-state index contributed by atoms with van der Waals surface area (Å²) in [5, 5.41) is 6.73. The van der Waals surface area contributed by atoms with E-state index in [0.29, 0.717) is 18.9 Å². The number of carbonyl (C=O) groups is 1. The lowest BCUT2D eigenvalue weighted by atomic mass is 9.90. The van der Waals surface area contributed by atoms with Crippen molar-refractivity contribution in [1.82, 2.24) is 15.5 Å². The molecule has 1 heterocycles. The van der Waals surface area contributed by atoms with Gasteiger partial charge in [0.25, 0.3) is 0 Å². The van der Waals surface area contributed by atoms with Crippen molar-refractivity contribution in [2.75, 3.05) is 38.2 Å². The number of sulfone groups is 1. The number of nitrogens with one attached hydrogen (secondary N) is 2. The van der Waals surface area contributed by atoms with Crippen LogP contribution in [0.5, 0.6) is 0 Å². The minimum atomic E-state index is -2.96. The van der Waals surface area contributed by atoms with Crippen LogP contribution in [0.25, 0.3) is 0 Å². The van der Waals surface area contributed by atoms with Crippen molar-refractivity contribution >= 4 is 45.7 Å². The molecule has 29 heavy (non-hydrogen) atoms. The van der Waals surface area contributed by atoms with Crippen molar-refractivity contribution in [2.24, 2.45) is 16.3 Å². The summed E-state index contributed by atoms with van der Waals surface area (Å²) in [6, 6.07) is 0.210. The van der Waals surface area contributed by atoms with E-state index in [2.05, 4.69) is 10.6 Å². The quantitative estimate of drug-likeness (QED) is 0.279. The van der Waals surface area contributed by atoms with Crippen LogP contribution in [0.4, 0.5) is 0 Å². The first-order valence-electron chi connectivity index (χ1n) is 10.6. The molecule has 170 valence electrons. The summed E-state index contributed by atoms with van der Waals surface area (Å²) in [7, 11) is -2.96. The molecule has 1 aliphatic heterocycles. The van der Waals surface area contributed by atoms with Gasteiger partial charge in [-0.25, -0.2) is 8.42 Å². The molecule has 0 aromatic rings. The van der Waals surface area contributed by atoms with Crippen molar-refractivity contribution in [1.29, 1.82) is 0 Å². The van der Waals surface area contributed by atoms with Gasteiger partial charge in [-0.2, -0.15) is 0 Å². The first-order chi connectivity index (χ1) is 13.1. The summed E-state index contributed by atoms with van der Waals surface area (Å²) >= 11 is 0. The Kier molecular flexibility index (Phi) is 10.7. The minimum Gasteiger partial charge on any atom is -0.357 e. The van der Waals surface area contributed by atoms with Gasteiger partial charge >= 0.3 is 0 Å². The van der Waals surface area contributed by atoms with Crippen molar-refractivity contribution in [3.05, 3.63) is 0 Å². The summed E-state index contributed by atoms with van der Waals surface area (Å²) in [6.07, 6.45) is 7.23. The number of likely N-dealkylation sites (tertiary alicyclic amines) is 1. The highest BCUT2D eigenvalue weighted by Crippen LogP contribution is 2.28. The number of amides is 1. The van der Waals surface area contributed by atoms with Crippen molar-refractivity contribution < 1.29 is 13.2 Å². The molecule has 0 aromatic carbocycles. The number of nitrogens with zero attached hydrogens (tertiary/aromatic N) is 2. The Morgan fingerprint density at radius 3 is 2.45 bits per heavy atom. The number of aliphatic imine (C=N–C) groups is 1. The highest BCUT2D eigenvalue weighted by Gasteiger charge is 2.32. The summed E-state index contributed by atoms with van der Waals surface area (Å²) in [5.74, 6) is 1.48. The van der Waals surface area contributed by atoms with Gasteiger partial charge in [-0.05, 0) is 38.0 Å². The highest BCUT2D eigenvalue weighted by atomic mass is 127. The number of hydrogen-bond acceptors (Lipinski definition) is 4. The molecule has 0 radical (unpaired) electrons. The maximum absolute atomic E-state index is 12.6. The second-order valence-corrected chi connectivity index (χ2v) is 11.4. The monoisotopic (exact) mass is 542 g/mol. The van der Waals surface area contributed by atoms with Crippen molar-refractivity contribution in [2.45, 2.75) is 65.3 Å². The molecule has 1 aliphatic carbocycles. The molecule has 2 fully saturated rings. The van der Waals surface area contributed by atoms with Crippen LogP contribution < -0.4 is 10.6 Å². The van der Waals surface area contributed by atoms with Crippen molar-refractivity contribution in [3.63, 3.8) is 0 Å². The number of rotatable bonds is 8. The minimum absolute atomic E-state index is 0. The van der Waals surface area contributed by atoms with E-state index in [0.717, 1.165) is 44.9 Å². The zero-order valence-corrected chi connectivity index (χ0v) is 21.5. The van der Waals surface area contributed by atoms with Gasteiger partial charge in [-0.15, -0.1) is 24.0 Å². The fourth-order valence-corrected chi connectivity index (χ4v) is 4.78. The third kappa shape index (κ3) is 9.40. The summed E-state index contributed by atoms with van der Waals surface area (Å²) in [6.45, 7) is 8.97. The predicted molar refractivity (Wildman–Crippen MR) is 130 cm³/mol. The molecule has 2 aliphatic rings. The van der Waals surface area contributed by atoms with E-state index in [1.54, 1.807) is 0 Å². The second kappa shape index (κ2) is 11.7. The fourth-order valence-electron chi connectivity index (χ4n) is 3.86. The summed E-state index contributed by atoms with van der Waals surface area (Å²) in [5.41, 5.74) is -0.189. The normalized spacial score (nSPS) is 21.2. The van der Waals surface area contributed by atoms with E-state index < -0.39 is 9.84 Å². The topological polar surface area (TPSA) is 90.9 Å². The Balaban J connectivity index is 0.00000420. The van der Waals surface area contributed by atoms with Crippen LogP contribution in [0.15, 0.2) is 4.99 Å². The summed E-state index contributed by atoms with van der Waals surface area (Å²) in [4.78, 5) is 19.3. The third-order valence-corrected chi connectivity index (χ3v) is 6.65. The molecular weight excluding hydrogens is 503 g/mol. The van der Waals surface area contributed by atoms with Gasteiger partial charge in [-0.1, -0.05) is 26.7 Å². The number of hydrogen-bond donors (Lipinski definition) is 2. The first kappa shape index (κ1) is 26.5. The van der Waals surface area contributed by atoms with Crippen LogP contribution in [-0.4, -0.2) is 69.4 Å². The van der Waals surface area contributed by atoms with Crippen LogP contribution in [0, 0.1) is 11.3 Å². The predicted octanol–water partition coefficient (Wildman–Crippen LogP) is 2.41. The third-order valence-electron chi connectivity index (χ3n) is 5.70. The van der Waals surface area contributed by atoms with E-state index in [1.807, 2.05) is 25.7 Å². The Labute approximate surface area is 193 Å². The van der Waals surface area contributed by atoms with Crippen molar-refractivity contribution in [3.8, 4) is 0 Å². The van der Waals surface area contributed by atoms with Crippen LogP contribution >= 0.6 is 24.0 Å². The number of guanidine groups is 1. The van der Waals surface area contributed by atoms with Gasteiger partial charge in [0, 0.05) is 44.4 Å². The van der Waals surface area contributed by atoms with Crippen LogP contribution in [0.2, 0.25) is 0 Å². The molecule has 9 heteroatoms. The Hall–Kier alpha value is -0.580. The zero-order chi connectivity index (χ0) is 20.8. The Morgan fingerprint density at radius 1 is 1.21 bits per heavy atom. The molecule has 1 unspecified atom stereocenters. The van der Waals surface area contributed by atoms with Gasteiger partial charge in [0.15, 0.2) is 5.96 Å². The van der Waals surface area contributed by atoms with E-state index in [4.69, 9.17) is 4.99 Å². The molecule has 0 aromatic heterocycles. The SMILES string of the molecule is CCNC(=NCC(C)(C)CCS(C)(=O)=O)NC1CCN(C(=O)C2CCCC2)C1.I. The molecule has 7 nitrogen and oxygen atoms in total. The average molecular weight is 543 g/mol. The van der Waals surface area contributed by atoms with Gasteiger partial charge in [0.1, 0.15) is 9.84 Å². The first-order valence-corrected chi connectivity index (χ1v) is 12.7. The molecule has 2 rings (SSSR count). The van der Waals surface area contributed by atoms with E-state index in [-0.39, 0.29) is 47.1 Å². The number of carbonyl (C=O) groups excluding carboxylic acids is 1. The lowest BCUT2D eigenvalue weighted by Gasteiger charge is -2.24. The molecule has 1 saturated heterocycles. The molecule has 0 bridgehead atoms. The summed E-state index contributed by atoms with van der Waals surface area (Å²) < 4.78 is 22.9.